The first-order valence-corrected chi connectivity index (χ1v) is 11.9. The van der Waals surface area contributed by atoms with E-state index in [4.69, 9.17) is 14.2 Å². The monoisotopic (exact) mass is 477 g/mol. The van der Waals surface area contributed by atoms with Gasteiger partial charge in [-0.15, -0.1) is 0 Å². The van der Waals surface area contributed by atoms with E-state index in [1.165, 1.54) is 6.07 Å². The van der Waals surface area contributed by atoms with Crippen molar-refractivity contribution in [3.8, 4) is 17.2 Å². The molecule has 0 amide bonds. The minimum Gasteiger partial charge on any atom is -0.504 e. The molecule has 0 radical (unpaired) electrons. The van der Waals surface area contributed by atoms with E-state index in [0.717, 1.165) is 17.0 Å². The summed E-state index contributed by atoms with van der Waals surface area (Å²) in [5.74, 6) is -0.0138. The van der Waals surface area contributed by atoms with Crippen molar-refractivity contribution >= 4 is 11.8 Å². The molecular weight excluding hydrogens is 446 g/mol. The van der Waals surface area contributed by atoms with Crippen LogP contribution in [0.15, 0.2) is 65.0 Å². The van der Waals surface area contributed by atoms with E-state index in [0.29, 0.717) is 47.6 Å². The molecule has 4 rings (SSSR count). The molecule has 2 N–H and O–H groups in total. The summed E-state index contributed by atoms with van der Waals surface area (Å²) in [6, 6.07) is 12.7. The maximum absolute atomic E-state index is 13.7. The largest absolute Gasteiger partial charge is 0.504 e. The molecule has 0 unspecified atom stereocenters. The van der Waals surface area contributed by atoms with E-state index in [1.54, 1.807) is 26.2 Å². The second-order valence-electron chi connectivity index (χ2n) is 8.67. The van der Waals surface area contributed by atoms with Gasteiger partial charge in [-0.05, 0) is 68.5 Å². The number of hydrogen-bond acceptors (Lipinski definition) is 7. The van der Waals surface area contributed by atoms with Crippen molar-refractivity contribution in [2.75, 3.05) is 20.3 Å². The first-order chi connectivity index (χ1) is 16.9. The van der Waals surface area contributed by atoms with Crippen molar-refractivity contribution in [1.29, 1.82) is 0 Å². The van der Waals surface area contributed by atoms with Gasteiger partial charge in [0.15, 0.2) is 17.3 Å². The SMILES string of the molecule is CCOC(=O)C1=C(C)NC2=C(C(=O)C[C@@H](c3ccc(OC)cc3)C2)[C@H]1c1ccc(O)c(OCC)c1. The molecule has 0 bridgehead atoms. The molecule has 35 heavy (non-hydrogen) atoms. The van der Waals surface area contributed by atoms with Crippen LogP contribution in [-0.4, -0.2) is 37.2 Å². The van der Waals surface area contributed by atoms with Crippen molar-refractivity contribution in [3.05, 3.63) is 76.1 Å². The first-order valence-electron chi connectivity index (χ1n) is 11.9. The lowest BCUT2D eigenvalue weighted by molar-refractivity contribution is -0.138. The van der Waals surface area contributed by atoms with E-state index < -0.39 is 11.9 Å². The Hall–Kier alpha value is -3.74. The minimum absolute atomic E-state index is 0.00617. The van der Waals surface area contributed by atoms with Gasteiger partial charge in [0.25, 0.3) is 0 Å². The number of ketones is 1. The number of allylic oxidation sites excluding steroid dienone is 3. The second kappa shape index (κ2) is 10.3. The number of esters is 1. The van der Waals surface area contributed by atoms with Crippen LogP contribution < -0.4 is 14.8 Å². The Labute approximate surface area is 205 Å². The lowest BCUT2D eigenvalue weighted by Crippen LogP contribution is -2.36. The van der Waals surface area contributed by atoms with Crippen LogP contribution in [0, 0.1) is 0 Å². The summed E-state index contributed by atoms with van der Waals surface area (Å²) in [4.78, 5) is 26.7. The Kier molecular flexibility index (Phi) is 7.15. The molecule has 184 valence electrons. The van der Waals surface area contributed by atoms with Crippen LogP contribution >= 0.6 is 0 Å². The van der Waals surface area contributed by atoms with Crippen LogP contribution in [0.2, 0.25) is 0 Å². The molecule has 0 saturated heterocycles. The molecule has 7 nitrogen and oxygen atoms in total. The van der Waals surface area contributed by atoms with Gasteiger partial charge in [-0.1, -0.05) is 18.2 Å². The Balaban J connectivity index is 1.79. The molecule has 0 saturated carbocycles. The number of phenolic OH excluding ortho intramolecular Hbond substituents is 1. The molecule has 0 fully saturated rings. The quantitative estimate of drug-likeness (QED) is 0.557. The zero-order valence-corrected chi connectivity index (χ0v) is 20.5. The highest BCUT2D eigenvalue weighted by Gasteiger charge is 2.41. The van der Waals surface area contributed by atoms with Crippen molar-refractivity contribution in [2.24, 2.45) is 0 Å². The summed E-state index contributed by atoms with van der Waals surface area (Å²) in [6.07, 6.45) is 0.961. The zero-order chi connectivity index (χ0) is 25.1. The first kappa shape index (κ1) is 24.4. The highest BCUT2D eigenvalue weighted by molar-refractivity contribution is 6.04. The zero-order valence-electron chi connectivity index (χ0n) is 20.5. The van der Waals surface area contributed by atoms with E-state index in [2.05, 4.69) is 5.32 Å². The van der Waals surface area contributed by atoms with E-state index in [9.17, 15) is 14.7 Å². The van der Waals surface area contributed by atoms with Gasteiger partial charge in [-0.2, -0.15) is 0 Å². The molecule has 0 aromatic heterocycles. The van der Waals surface area contributed by atoms with Crippen LogP contribution in [0.3, 0.4) is 0 Å². The van der Waals surface area contributed by atoms with Crippen LogP contribution in [-0.2, 0) is 14.3 Å². The van der Waals surface area contributed by atoms with Crippen LogP contribution in [0.5, 0.6) is 17.2 Å². The standard InChI is InChI=1S/C28H31NO6/c1-5-34-24-15-18(9-12-22(24)30)26-25(28(32)35-6-2)16(3)29-21-13-19(14-23(31)27(21)26)17-7-10-20(33-4)11-8-17/h7-12,15,19,26,29-30H,5-6,13-14H2,1-4H3/t19-,26-/m0/s1. The molecule has 1 aliphatic heterocycles. The van der Waals surface area contributed by atoms with Crippen molar-refractivity contribution in [2.45, 2.75) is 45.4 Å². The Morgan fingerprint density at radius 2 is 1.77 bits per heavy atom. The van der Waals surface area contributed by atoms with Crippen molar-refractivity contribution in [3.63, 3.8) is 0 Å². The summed E-state index contributed by atoms with van der Waals surface area (Å²) in [5.41, 5.74) is 4.18. The summed E-state index contributed by atoms with van der Waals surface area (Å²) in [5, 5.41) is 13.6. The number of Topliss-reactive ketones (excluding diaryl/α,β-unsaturated/α-hetero) is 1. The van der Waals surface area contributed by atoms with Gasteiger partial charge in [0.1, 0.15) is 5.75 Å². The maximum Gasteiger partial charge on any atom is 0.336 e. The second-order valence-corrected chi connectivity index (χ2v) is 8.67. The van der Waals surface area contributed by atoms with Gasteiger partial charge in [0.05, 0.1) is 25.9 Å². The van der Waals surface area contributed by atoms with Gasteiger partial charge in [0, 0.05) is 29.3 Å². The number of hydrogen-bond donors (Lipinski definition) is 2. The number of ether oxygens (including phenoxy) is 3. The van der Waals surface area contributed by atoms with Crippen LogP contribution in [0.1, 0.15) is 56.6 Å². The predicted molar refractivity (Wildman–Crippen MR) is 131 cm³/mol. The topological polar surface area (TPSA) is 94.1 Å². The van der Waals surface area contributed by atoms with Gasteiger partial charge in [-0.3, -0.25) is 4.79 Å². The van der Waals surface area contributed by atoms with Gasteiger partial charge >= 0.3 is 5.97 Å². The highest BCUT2D eigenvalue weighted by Crippen LogP contribution is 2.47. The molecule has 2 atom stereocenters. The van der Waals surface area contributed by atoms with Crippen molar-refractivity contribution in [1.82, 2.24) is 5.32 Å². The number of aromatic hydroxyl groups is 1. The lowest BCUT2D eigenvalue weighted by atomic mass is 9.71. The van der Waals surface area contributed by atoms with Gasteiger partial charge in [0.2, 0.25) is 0 Å². The summed E-state index contributed by atoms with van der Waals surface area (Å²) >= 11 is 0. The maximum atomic E-state index is 13.7. The summed E-state index contributed by atoms with van der Waals surface area (Å²) < 4.78 is 16.2. The number of dihydropyridines is 1. The fourth-order valence-corrected chi connectivity index (χ4v) is 4.94. The predicted octanol–water partition coefficient (Wildman–Crippen LogP) is 4.72. The lowest BCUT2D eigenvalue weighted by Gasteiger charge is -2.36. The minimum atomic E-state index is -0.616. The average molecular weight is 478 g/mol. The highest BCUT2D eigenvalue weighted by atomic mass is 16.5. The molecule has 0 spiro atoms. The smallest absolute Gasteiger partial charge is 0.336 e. The Bertz CT molecular complexity index is 1190. The molecular formula is C28H31NO6. The third kappa shape index (κ3) is 4.76. The fraction of sp³-hybridized carbons (Fsp3) is 0.357. The number of rotatable bonds is 7. The van der Waals surface area contributed by atoms with Crippen molar-refractivity contribution < 1.29 is 28.9 Å². The summed E-state index contributed by atoms with van der Waals surface area (Å²) in [7, 11) is 1.62. The number of carbonyl (C=O) groups excluding carboxylic acids is 2. The van der Waals surface area contributed by atoms with E-state index in [-0.39, 0.29) is 24.1 Å². The van der Waals surface area contributed by atoms with E-state index >= 15 is 0 Å². The molecule has 7 heteroatoms. The van der Waals surface area contributed by atoms with Gasteiger partial charge < -0.3 is 24.6 Å². The van der Waals surface area contributed by atoms with Crippen LogP contribution in [0.25, 0.3) is 0 Å². The third-order valence-corrected chi connectivity index (χ3v) is 6.53. The number of carbonyl (C=O) groups is 2. The number of methoxy groups -OCH3 is 1. The Morgan fingerprint density at radius 1 is 1.06 bits per heavy atom. The number of phenols is 1. The van der Waals surface area contributed by atoms with Crippen LogP contribution in [0.4, 0.5) is 0 Å². The van der Waals surface area contributed by atoms with E-state index in [1.807, 2.05) is 38.1 Å². The molecule has 2 aromatic rings. The number of nitrogens with one attached hydrogen (secondary N) is 1. The third-order valence-electron chi connectivity index (χ3n) is 6.53. The summed E-state index contributed by atoms with van der Waals surface area (Å²) in [6.45, 7) is 6.01. The molecule has 1 heterocycles. The normalized spacial score (nSPS) is 19.7. The Morgan fingerprint density at radius 3 is 2.43 bits per heavy atom. The molecule has 2 aliphatic rings. The number of benzene rings is 2. The fourth-order valence-electron chi connectivity index (χ4n) is 4.94. The van der Waals surface area contributed by atoms with Gasteiger partial charge in [-0.25, -0.2) is 4.79 Å². The molecule has 1 aliphatic carbocycles. The molecule has 2 aromatic carbocycles. The average Bonchev–Trinajstić information content (AvgIpc) is 2.84.